The smallest absolute Gasteiger partial charge is 0.151 e. The standard InChI is InChI=1S/C26H35FN8.CH3Cl/c1-3-4-8-24(18(2)27)32-26(33-29)23-13-20(14-30-25(23)28)21-15-31-35(17-21)22-9-11-34(12-10-22)16-19-6-5-7-19;1-2/h3-4,8,13-15,17,19,22H,2,5-7,9-12,16,29H2,1H3,(H2,28,30)(H,32,33);1H3/b4-3-,24-8+;. The van der Waals surface area contributed by atoms with E-state index in [1.165, 1.54) is 38.3 Å². The molecule has 2 fully saturated rings. The van der Waals surface area contributed by atoms with Crippen LogP contribution >= 0.6 is 11.6 Å². The van der Waals surface area contributed by atoms with Crippen molar-refractivity contribution in [1.29, 1.82) is 0 Å². The Labute approximate surface area is 223 Å². The number of nitrogens with two attached hydrogens (primary N) is 2. The SMILES string of the molecule is C=C(F)/C(=C\C=C/C)N=C(NN)c1cc(-c2cnn(C3CCN(CC4CCC4)CC3)c2)cnc1N.CCl. The van der Waals surface area contributed by atoms with Crippen LogP contribution in [0.2, 0.25) is 0 Å². The van der Waals surface area contributed by atoms with E-state index < -0.39 is 5.83 Å². The third kappa shape index (κ3) is 7.50. The molecule has 0 unspecified atom stereocenters. The van der Waals surface area contributed by atoms with Gasteiger partial charge < -0.3 is 16.1 Å². The van der Waals surface area contributed by atoms with Gasteiger partial charge in [-0.15, -0.1) is 11.6 Å². The minimum Gasteiger partial charge on any atom is -0.383 e. The van der Waals surface area contributed by atoms with Crippen LogP contribution in [-0.2, 0) is 0 Å². The molecule has 1 aliphatic heterocycles. The molecule has 8 nitrogen and oxygen atoms in total. The van der Waals surface area contributed by atoms with Crippen molar-refractivity contribution in [2.75, 3.05) is 31.8 Å². The zero-order chi connectivity index (χ0) is 26.8. The van der Waals surface area contributed by atoms with E-state index in [1.807, 2.05) is 19.2 Å². The number of hydrazine groups is 1. The summed E-state index contributed by atoms with van der Waals surface area (Å²) in [6, 6.07) is 2.22. The molecular formula is C27H38ClFN8. The largest absolute Gasteiger partial charge is 0.383 e. The number of alkyl halides is 1. The van der Waals surface area contributed by atoms with Gasteiger partial charge in [-0.2, -0.15) is 5.10 Å². The van der Waals surface area contributed by atoms with Crippen molar-refractivity contribution in [2.45, 2.75) is 45.1 Å². The molecule has 10 heteroatoms. The number of hydrogen-bond acceptors (Lipinski definition) is 6. The van der Waals surface area contributed by atoms with Crippen molar-refractivity contribution < 1.29 is 4.39 Å². The summed E-state index contributed by atoms with van der Waals surface area (Å²) in [4.78, 5) is 11.2. The van der Waals surface area contributed by atoms with Gasteiger partial charge in [0.2, 0.25) is 0 Å². The van der Waals surface area contributed by atoms with Crippen LogP contribution in [0.25, 0.3) is 11.1 Å². The van der Waals surface area contributed by atoms with E-state index in [4.69, 9.17) is 11.6 Å². The Morgan fingerprint density at radius 1 is 1.24 bits per heavy atom. The van der Waals surface area contributed by atoms with Gasteiger partial charge in [-0.1, -0.05) is 25.2 Å². The van der Waals surface area contributed by atoms with Gasteiger partial charge in [-0.05, 0) is 50.7 Å². The van der Waals surface area contributed by atoms with E-state index in [0.29, 0.717) is 11.6 Å². The zero-order valence-electron chi connectivity index (χ0n) is 21.7. The van der Waals surface area contributed by atoms with Crippen molar-refractivity contribution in [3.8, 4) is 11.1 Å². The molecule has 4 rings (SSSR count). The van der Waals surface area contributed by atoms with Crippen LogP contribution in [0.4, 0.5) is 10.2 Å². The second kappa shape index (κ2) is 14.1. The van der Waals surface area contributed by atoms with Gasteiger partial charge in [0.05, 0.1) is 17.8 Å². The predicted octanol–water partition coefficient (Wildman–Crippen LogP) is 4.97. The van der Waals surface area contributed by atoms with Crippen LogP contribution in [0.3, 0.4) is 0 Å². The zero-order valence-corrected chi connectivity index (χ0v) is 22.5. The number of halogens is 2. The summed E-state index contributed by atoms with van der Waals surface area (Å²) in [5.74, 6) is 6.36. The number of aromatic nitrogens is 3. The Hall–Kier alpha value is -3.01. The quantitative estimate of drug-likeness (QED) is 0.111. The van der Waals surface area contributed by atoms with Crippen LogP contribution in [-0.4, -0.2) is 51.5 Å². The molecule has 5 N–H and O–H groups in total. The maximum absolute atomic E-state index is 13.9. The fourth-order valence-corrected chi connectivity index (χ4v) is 4.58. The number of pyridine rings is 1. The Bertz CT molecular complexity index is 1130. The molecule has 0 radical (unpaired) electrons. The Morgan fingerprint density at radius 3 is 2.57 bits per heavy atom. The first-order valence-corrected chi connectivity index (χ1v) is 13.4. The molecule has 1 aliphatic carbocycles. The number of rotatable bonds is 8. The van der Waals surface area contributed by atoms with Crippen LogP contribution in [0.1, 0.15) is 50.6 Å². The average Bonchev–Trinajstić information content (AvgIpc) is 3.39. The molecule has 3 heterocycles. The molecule has 2 aromatic heterocycles. The minimum atomic E-state index is -0.682. The fourth-order valence-electron chi connectivity index (χ4n) is 4.58. The van der Waals surface area contributed by atoms with Gasteiger partial charge >= 0.3 is 0 Å². The summed E-state index contributed by atoms with van der Waals surface area (Å²) in [6.45, 7) is 8.66. The normalized spacial score (nSPS) is 17.9. The number of amidine groups is 1. The van der Waals surface area contributed by atoms with Gasteiger partial charge in [0.15, 0.2) is 5.84 Å². The Morgan fingerprint density at radius 2 is 1.97 bits per heavy atom. The molecule has 37 heavy (non-hydrogen) atoms. The van der Waals surface area contributed by atoms with Crippen molar-refractivity contribution in [3.63, 3.8) is 0 Å². The van der Waals surface area contributed by atoms with Gasteiger partial charge in [-0.25, -0.2) is 20.2 Å². The molecule has 2 aliphatic rings. The van der Waals surface area contributed by atoms with E-state index in [1.54, 1.807) is 18.3 Å². The van der Waals surface area contributed by atoms with Gasteiger partial charge in [-0.3, -0.25) is 4.68 Å². The highest BCUT2D eigenvalue weighted by Gasteiger charge is 2.25. The number of likely N-dealkylation sites (tertiary alicyclic amines) is 1. The van der Waals surface area contributed by atoms with E-state index in [2.05, 4.69) is 54.5 Å². The number of anilines is 1. The third-order valence-electron chi connectivity index (χ3n) is 6.87. The average molecular weight is 529 g/mol. The molecule has 0 amide bonds. The highest BCUT2D eigenvalue weighted by molar-refractivity contribution is 6.15. The minimum absolute atomic E-state index is 0.0392. The summed E-state index contributed by atoms with van der Waals surface area (Å²) in [5.41, 5.74) is 10.9. The molecular weight excluding hydrogens is 491 g/mol. The molecule has 0 atom stereocenters. The van der Waals surface area contributed by atoms with Crippen molar-refractivity contribution in [3.05, 3.63) is 66.6 Å². The molecule has 1 saturated heterocycles. The van der Waals surface area contributed by atoms with Gasteiger partial charge in [0, 0.05) is 49.5 Å². The molecule has 200 valence electrons. The van der Waals surface area contributed by atoms with Crippen LogP contribution in [0.15, 0.2) is 66.0 Å². The summed E-state index contributed by atoms with van der Waals surface area (Å²) in [7, 11) is 0. The maximum Gasteiger partial charge on any atom is 0.151 e. The first-order chi connectivity index (χ1) is 18.0. The maximum atomic E-state index is 13.9. The fraction of sp³-hybridized carbons (Fsp3) is 0.444. The summed E-state index contributed by atoms with van der Waals surface area (Å²) in [6.07, 6.45) is 18.4. The second-order valence-electron chi connectivity index (χ2n) is 9.28. The predicted molar refractivity (Wildman–Crippen MR) is 151 cm³/mol. The second-order valence-corrected chi connectivity index (χ2v) is 9.28. The van der Waals surface area contributed by atoms with Crippen LogP contribution < -0.4 is 17.0 Å². The first kappa shape index (κ1) is 28.6. The number of nitrogen functional groups attached to an aromatic ring is 1. The number of aliphatic imine (C=N–C) groups is 1. The van der Waals surface area contributed by atoms with Crippen molar-refractivity contribution >= 4 is 23.3 Å². The number of hydrogen-bond donors (Lipinski definition) is 3. The lowest BCUT2D eigenvalue weighted by molar-refractivity contribution is 0.130. The molecule has 0 aromatic carbocycles. The number of nitrogens with one attached hydrogen (secondary N) is 1. The highest BCUT2D eigenvalue weighted by atomic mass is 35.5. The van der Waals surface area contributed by atoms with E-state index in [-0.39, 0.29) is 17.4 Å². The molecule has 0 spiro atoms. The monoisotopic (exact) mass is 528 g/mol. The van der Waals surface area contributed by atoms with E-state index >= 15 is 0 Å². The summed E-state index contributed by atoms with van der Waals surface area (Å²) in [5, 5.41) is 4.64. The Kier molecular flexibility index (Phi) is 10.9. The van der Waals surface area contributed by atoms with Gasteiger partial charge in [0.1, 0.15) is 17.3 Å². The summed E-state index contributed by atoms with van der Waals surface area (Å²) >= 11 is 4.64. The lowest BCUT2D eigenvalue weighted by Gasteiger charge is -2.36. The number of nitrogens with zero attached hydrogens (tertiary/aromatic N) is 5. The molecule has 1 saturated carbocycles. The van der Waals surface area contributed by atoms with Crippen molar-refractivity contribution in [1.82, 2.24) is 25.1 Å². The molecule has 2 aromatic rings. The third-order valence-corrected chi connectivity index (χ3v) is 6.87. The first-order valence-electron chi connectivity index (χ1n) is 12.6. The van der Waals surface area contributed by atoms with Crippen molar-refractivity contribution in [2.24, 2.45) is 16.8 Å². The summed E-state index contributed by atoms with van der Waals surface area (Å²) < 4.78 is 16.0. The topological polar surface area (TPSA) is 110 Å². The van der Waals surface area contributed by atoms with Crippen LogP contribution in [0, 0.1) is 5.92 Å². The lowest BCUT2D eigenvalue weighted by Crippen LogP contribution is -2.39. The van der Waals surface area contributed by atoms with Gasteiger partial charge in [0.25, 0.3) is 0 Å². The molecule has 0 bridgehead atoms. The van der Waals surface area contributed by atoms with E-state index in [0.717, 1.165) is 43.0 Å². The number of allylic oxidation sites excluding steroid dienone is 4. The van der Waals surface area contributed by atoms with Crippen LogP contribution in [0.5, 0.6) is 0 Å². The highest BCUT2D eigenvalue weighted by Crippen LogP contribution is 2.30. The Balaban J connectivity index is 0.00000186. The van der Waals surface area contributed by atoms with E-state index in [9.17, 15) is 4.39 Å². The number of piperidine rings is 1. The lowest BCUT2D eigenvalue weighted by atomic mass is 9.84.